The van der Waals surface area contributed by atoms with Crippen molar-refractivity contribution in [3.8, 4) is 0 Å². The number of nitrogens with one attached hydrogen (secondary N) is 1. The number of rotatable bonds is 8. The van der Waals surface area contributed by atoms with Gasteiger partial charge in [0.2, 0.25) is 0 Å². The summed E-state index contributed by atoms with van der Waals surface area (Å²) in [5.74, 6) is 0.746. The molecule has 0 aromatic carbocycles. The first-order valence-electron chi connectivity index (χ1n) is 6.87. The molecule has 1 N–H and O–H groups in total. The Balaban J connectivity index is 4.33. The fraction of sp³-hybridized carbons (Fsp3) is 1.00. The Morgan fingerprint density at radius 1 is 1.00 bits per heavy atom. The van der Waals surface area contributed by atoms with E-state index < -0.39 is 0 Å². The average Bonchev–Trinajstić information content (AvgIpc) is 2.15. The van der Waals surface area contributed by atoms with Crippen LogP contribution >= 0.6 is 0 Å². The van der Waals surface area contributed by atoms with Crippen molar-refractivity contribution in [3.05, 3.63) is 0 Å². The molecule has 0 aliphatic rings. The number of hydrogen-bond donors (Lipinski definition) is 1. The number of hydrogen-bond acceptors (Lipinski definition) is 2. The maximum Gasteiger partial charge on any atom is 0.0220 e. The van der Waals surface area contributed by atoms with E-state index >= 15 is 0 Å². The molecule has 0 fully saturated rings. The zero-order valence-corrected chi connectivity index (χ0v) is 12.4. The Kier molecular flexibility index (Phi) is 8.04. The molecule has 16 heavy (non-hydrogen) atoms. The van der Waals surface area contributed by atoms with E-state index in [0.717, 1.165) is 12.5 Å². The molecule has 0 radical (unpaired) electrons. The Morgan fingerprint density at radius 3 is 1.88 bits per heavy atom. The predicted molar refractivity (Wildman–Crippen MR) is 73.9 cm³/mol. The third kappa shape index (κ3) is 6.49. The van der Waals surface area contributed by atoms with Gasteiger partial charge in [0.05, 0.1) is 0 Å². The third-order valence-corrected chi connectivity index (χ3v) is 2.94. The minimum atomic E-state index is 0.585. The molecule has 0 spiro atoms. The van der Waals surface area contributed by atoms with Crippen molar-refractivity contribution in [1.29, 1.82) is 0 Å². The van der Waals surface area contributed by atoms with Gasteiger partial charge < -0.3 is 5.32 Å². The van der Waals surface area contributed by atoms with E-state index in [1.807, 2.05) is 0 Å². The molecule has 0 aliphatic carbocycles. The van der Waals surface area contributed by atoms with Crippen LogP contribution in [0.3, 0.4) is 0 Å². The fourth-order valence-electron chi connectivity index (χ4n) is 2.07. The highest BCUT2D eigenvalue weighted by atomic mass is 15.2. The van der Waals surface area contributed by atoms with Crippen molar-refractivity contribution in [1.82, 2.24) is 10.2 Å². The molecule has 0 bridgehead atoms. The highest BCUT2D eigenvalue weighted by molar-refractivity contribution is 4.77. The van der Waals surface area contributed by atoms with Gasteiger partial charge in [-0.2, -0.15) is 0 Å². The first-order chi connectivity index (χ1) is 7.38. The van der Waals surface area contributed by atoms with Gasteiger partial charge in [-0.15, -0.1) is 0 Å². The van der Waals surface area contributed by atoms with Crippen LogP contribution in [0.25, 0.3) is 0 Å². The van der Waals surface area contributed by atoms with Gasteiger partial charge in [-0.25, -0.2) is 0 Å². The quantitative estimate of drug-likeness (QED) is 0.686. The Morgan fingerprint density at radius 2 is 1.56 bits per heavy atom. The summed E-state index contributed by atoms with van der Waals surface area (Å²) in [6.45, 7) is 18.3. The van der Waals surface area contributed by atoms with E-state index in [1.165, 1.54) is 13.0 Å². The second kappa shape index (κ2) is 8.08. The zero-order chi connectivity index (χ0) is 12.7. The highest BCUT2D eigenvalue weighted by Crippen LogP contribution is 2.12. The van der Waals surface area contributed by atoms with Crippen LogP contribution in [0.5, 0.6) is 0 Å². The normalized spacial score (nSPS) is 14.4. The lowest BCUT2D eigenvalue weighted by Gasteiger charge is -2.36. The summed E-state index contributed by atoms with van der Waals surface area (Å²) >= 11 is 0. The largest absolute Gasteiger partial charge is 0.313 e. The minimum absolute atomic E-state index is 0.585. The van der Waals surface area contributed by atoms with E-state index in [2.05, 4.69) is 58.7 Å². The van der Waals surface area contributed by atoms with Crippen molar-refractivity contribution in [2.45, 2.75) is 73.0 Å². The van der Waals surface area contributed by atoms with Gasteiger partial charge in [-0.1, -0.05) is 34.6 Å². The van der Waals surface area contributed by atoms with Gasteiger partial charge in [0.1, 0.15) is 0 Å². The van der Waals surface area contributed by atoms with Gasteiger partial charge in [0, 0.05) is 31.2 Å². The molecule has 0 aromatic heterocycles. The second-order valence-electron chi connectivity index (χ2n) is 5.81. The molecule has 0 rings (SSSR count). The summed E-state index contributed by atoms with van der Waals surface area (Å²) in [5, 5.41) is 3.56. The topological polar surface area (TPSA) is 15.3 Å². The average molecular weight is 228 g/mol. The summed E-state index contributed by atoms with van der Waals surface area (Å²) in [5.41, 5.74) is 0. The molecular formula is C14H32N2. The van der Waals surface area contributed by atoms with Gasteiger partial charge in [0.25, 0.3) is 0 Å². The Bertz CT molecular complexity index is 164. The third-order valence-electron chi connectivity index (χ3n) is 2.94. The molecular weight excluding hydrogens is 196 g/mol. The van der Waals surface area contributed by atoms with E-state index in [4.69, 9.17) is 0 Å². The van der Waals surface area contributed by atoms with E-state index in [9.17, 15) is 0 Å². The molecule has 0 saturated heterocycles. The van der Waals surface area contributed by atoms with E-state index in [1.54, 1.807) is 0 Å². The molecule has 0 amide bonds. The molecule has 2 heteroatoms. The molecule has 2 nitrogen and oxygen atoms in total. The first-order valence-corrected chi connectivity index (χ1v) is 6.87. The Labute approximate surface area is 103 Å². The molecule has 0 aliphatic heterocycles. The molecule has 0 heterocycles. The summed E-state index contributed by atoms with van der Waals surface area (Å²) < 4.78 is 0. The van der Waals surface area contributed by atoms with E-state index in [0.29, 0.717) is 18.1 Å². The van der Waals surface area contributed by atoms with Gasteiger partial charge in [0.15, 0.2) is 0 Å². The van der Waals surface area contributed by atoms with Gasteiger partial charge in [-0.05, 0) is 26.2 Å². The summed E-state index contributed by atoms with van der Waals surface area (Å²) in [6, 6.07) is 1.90. The number of nitrogens with zero attached hydrogens (tertiary/aromatic N) is 1. The Hall–Kier alpha value is -0.0800. The SMILES string of the molecule is CCC(CNC(C)C)N(CC(C)C)C(C)C. The second-order valence-corrected chi connectivity index (χ2v) is 5.81. The maximum absolute atomic E-state index is 3.56. The van der Waals surface area contributed by atoms with Crippen LogP contribution in [0.2, 0.25) is 0 Å². The van der Waals surface area contributed by atoms with Crippen LogP contribution in [0.15, 0.2) is 0 Å². The van der Waals surface area contributed by atoms with Crippen LogP contribution < -0.4 is 5.32 Å². The van der Waals surface area contributed by atoms with Crippen molar-refractivity contribution in [3.63, 3.8) is 0 Å². The molecule has 0 aromatic rings. The lowest BCUT2D eigenvalue weighted by atomic mass is 10.1. The van der Waals surface area contributed by atoms with Crippen molar-refractivity contribution >= 4 is 0 Å². The van der Waals surface area contributed by atoms with Crippen LogP contribution in [-0.4, -0.2) is 36.1 Å². The molecule has 0 saturated carbocycles. The van der Waals surface area contributed by atoms with Gasteiger partial charge in [-0.3, -0.25) is 4.90 Å². The van der Waals surface area contributed by atoms with E-state index in [-0.39, 0.29) is 0 Å². The molecule has 1 atom stereocenters. The lowest BCUT2D eigenvalue weighted by molar-refractivity contribution is 0.127. The minimum Gasteiger partial charge on any atom is -0.313 e. The van der Waals surface area contributed by atoms with Crippen molar-refractivity contribution < 1.29 is 0 Å². The molecule has 1 unspecified atom stereocenters. The fourth-order valence-corrected chi connectivity index (χ4v) is 2.07. The summed E-state index contributed by atoms with van der Waals surface area (Å²) in [4.78, 5) is 2.64. The van der Waals surface area contributed by atoms with Crippen LogP contribution in [-0.2, 0) is 0 Å². The lowest BCUT2D eigenvalue weighted by Crippen LogP contribution is -2.48. The maximum atomic E-state index is 3.56. The van der Waals surface area contributed by atoms with Gasteiger partial charge >= 0.3 is 0 Å². The first kappa shape index (κ1) is 15.9. The summed E-state index contributed by atoms with van der Waals surface area (Å²) in [6.07, 6.45) is 1.23. The highest BCUT2D eigenvalue weighted by Gasteiger charge is 2.20. The monoisotopic (exact) mass is 228 g/mol. The molecule has 98 valence electrons. The summed E-state index contributed by atoms with van der Waals surface area (Å²) in [7, 11) is 0. The van der Waals surface area contributed by atoms with Crippen molar-refractivity contribution in [2.75, 3.05) is 13.1 Å². The zero-order valence-electron chi connectivity index (χ0n) is 12.4. The van der Waals surface area contributed by atoms with Crippen LogP contribution in [0, 0.1) is 5.92 Å². The van der Waals surface area contributed by atoms with Crippen LogP contribution in [0.1, 0.15) is 54.9 Å². The standard InChI is InChI=1S/C14H32N2/c1-8-14(9-15-12(4)5)16(13(6)7)10-11(2)3/h11-15H,8-10H2,1-7H3. The van der Waals surface area contributed by atoms with Crippen molar-refractivity contribution in [2.24, 2.45) is 5.92 Å². The van der Waals surface area contributed by atoms with Crippen LogP contribution in [0.4, 0.5) is 0 Å². The predicted octanol–water partition coefficient (Wildman–Crippen LogP) is 3.13. The smallest absolute Gasteiger partial charge is 0.0220 e.